The summed E-state index contributed by atoms with van der Waals surface area (Å²) in [5.74, 6) is 0. The zero-order valence-electron chi connectivity index (χ0n) is 13.5. The molecule has 1 aromatic carbocycles. The second-order valence-electron chi connectivity index (χ2n) is 5.59. The van der Waals surface area contributed by atoms with Gasteiger partial charge in [0.2, 0.25) is 0 Å². The highest BCUT2D eigenvalue weighted by Crippen LogP contribution is 2.22. The molecule has 0 aliphatic rings. The highest BCUT2D eigenvalue weighted by molar-refractivity contribution is 5.90. The first-order valence-electron chi connectivity index (χ1n) is 8.07. The third-order valence-corrected chi connectivity index (χ3v) is 4.06. The van der Waals surface area contributed by atoms with Crippen molar-refractivity contribution in [3.63, 3.8) is 0 Å². The van der Waals surface area contributed by atoms with Crippen LogP contribution < -0.4 is 5.32 Å². The van der Waals surface area contributed by atoms with Gasteiger partial charge in [-0.3, -0.25) is 4.98 Å². The van der Waals surface area contributed by atoms with E-state index in [1.54, 1.807) is 0 Å². The second-order valence-corrected chi connectivity index (χ2v) is 5.59. The van der Waals surface area contributed by atoms with Crippen LogP contribution >= 0.6 is 0 Å². The van der Waals surface area contributed by atoms with Crippen molar-refractivity contribution in [3.05, 3.63) is 36.5 Å². The van der Waals surface area contributed by atoms with Crippen LogP contribution in [-0.2, 0) is 0 Å². The predicted octanol–water partition coefficient (Wildman–Crippen LogP) is 4.16. The molecule has 0 unspecified atom stereocenters. The van der Waals surface area contributed by atoms with E-state index in [9.17, 15) is 0 Å². The van der Waals surface area contributed by atoms with Crippen LogP contribution in [0.4, 0.5) is 5.69 Å². The molecule has 114 valence electrons. The van der Waals surface area contributed by atoms with E-state index in [0.717, 1.165) is 18.6 Å². The Morgan fingerprint density at radius 2 is 1.90 bits per heavy atom. The van der Waals surface area contributed by atoms with Crippen LogP contribution in [0.5, 0.6) is 0 Å². The maximum Gasteiger partial charge on any atom is 0.0722 e. The lowest BCUT2D eigenvalue weighted by Gasteiger charge is -2.20. The highest BCUT2D eigenvalue weighted by Gasteiger charge is 2.06. The van der Waals surface area contributed by atoms with E-state index < -0.39 is 0 Å². The van der Waals surface area contributed by atoms with Gasteiger partial charge in [-0.15, -0.1) is 0 Å². The van der Waals surface area contributed by atoms with Gasteiger partial charge in [-0.05, 0) is 51.5 Å². The lowest BCUT2D eigenvalue weighted by atomic mass is 10.1. The molecule has 0 spiro atoms. The summed E-state index contributed by atoms with van der Waals surface area (Å²) in [7, 11) is 0. The Kier molecular flexibility index (Phi) is 6.00. The average Bonchev–Trinajstić information content (AvgIpc) is 2.52. The van der Waals surface area contributed by atoms with Crippen LogP contribution in [0.2, 0.25) is 0 Å². The van der Waals surface area contributed by atoms with Gasteiger partial charge in [0.1, 0.15) is 0 Å². The molecule has 0 saturated heterocycles. The minimum absolute atomic E-state index is 0.478. The molecule has 0 fully saturated rings. The van der Waals surface area contributed by atoms with Gasteiger partial charge in [0.25, 0.3) is 0 Å². The molecule has 0 bridgehead atoms. The van der Waals surface area contributed by atoms with Gasteiger partial charge in [0.15, 0.2) is 0 Å². The first-order valence-corrected chi connectivity index (χ1v) is 8.07. The third kappa shape index (κ3) is 4.43. The molecule has 1 heterocycles. The normalized spacial score (nSPS) is 12.8. The standard InChI is InChI=1S/C18H27N3/c1-4-21(5-2)14-8-9-15(3)20-18-12-13-19-17-11-7-6-10-16(17)18/h6-7,10-13,15H,4-5,8-9,14H2,1-3H3,(H,19,20)/t15-/m1/s1. The summed E-state index contributed by atoms with van der Waals surface area (Å²) in [6.45, 7) is 10.2. The molecule has 0 aliphatic heterocycles. The molecule has 3 heteroatoms. The van der Waals surface area contributed by atoms with Crippen LogP contribution in [0.25, 0.3) is 10.9 Å². The number of anilines is 1. The van der Waals surface area contributed by atoms with Crippen molar-refractivity contribution in [2.24, 2.45) is 0 Å². The Bertz CT molecular complexity index is 544. The quantitative estimate of drug-likeness (QED) is 0.789. The fourth-order valence-corrected chi connectivity index (χ4v) is 2.72. The smallest absolute Gasteiger partial charge is 0.0722 e. The number of rotatable bonds is 8. The van der Waals surface area contributed by atoms with Gasteiger partial charge in [0, 0.05) is 23.3 Å². The Balaban J connectivity index is 1.91. The zero-order chi connectivity index (χ0) is 15.1. The molecule has 0 aliphatic carbocycles. The van der Waals surface area contributed by atoms with Crippen molar-refractivity contribution in [1.82, 2.24) is 9.88 Å². The van der Waals surface area contributed by atoms with Gasteiger partial charge in [-0.1, -0.05) is 32.0 Å². The number of hydrogen-bond acceptors (Lipinski definition) is 3. The van der Waals surface area contributed by atoms with E-state index in [4.69, 9.17) is 0 Å². The number of benzene rings is 1. The molecule has 2 aromatic rings. The first kappa shape index (κ1) is 15.8. The van der Waals surface area contributed by atoms with Crippen molar-refractivity contribution < 1.29 is 0 Å². The Morgan fingerprint density at radius 1 is 1.14 bits per heavy atom. The van der Waals surface area contributed by atoms with Crippen molar-refractivity contribution in [1.29, 1.82) is 0 Å². The summed E-state index contributed by atoms with van der Waals surface area (Å²) in [5, 5.41) is 4.84. The summed E-state index contributed by atoms with van der Waals surface area (Å²) in [6.07, 6.45) is 4.30. The van der Waals surface area contributed by atoms with Gasteiger partial charge in [-0.25, -0.2) is 0 Å². The van der Waals surface area contributed by atoms with Crippen molar-refractivity contribution in [3.8, 4) is 0 Å². The maximum atomic E-state index is 4.41. The molecule has 1 aromatic heterocycles. The molecule has 3 nitrogen and oxygen atoms in total. The number of nitrogens with zero attached hydrogens (tertiary/aromatic N) is 2. The van der Waals surface area contributed by atoms with Crippen LogP contribution in [0.1, 0.15) is 33.6 Å². The largest absolute Gasteiger partial charge is 0.382 e. The first-order chi connectivity index (χ1) is 10.2. The molecule has 1 N–H and O–H groups in total. The molecule has 0 amide bonds. The van der Waals surface area contributed by atoms with Crippen molar-refractivity contribution in [2.45, 2.75) is 39.7 Å². The lowest BCUT2D eigenvalue weighted by molar-refractivity contribution is 0.295. The molecular formula is C18H27N3. The zero-order valence-corrected chi connectivity index (χ0v) is 13.5. The third-order valence-electron chi connectivity index (χ3n) is 4.06. The van der Waals surface area contributed by atoms with Crippen LogP contribution in [-0.4, -0.2) is 35.6 Å². The minimum atomic E-state index is 0.478. The Morgan fingerprint density at radius 3 is 2.67 bits per heavy atom. The summed E-state index contributed by atoms with van der Waals surface area (Å²) >= 11 is 0. The monoisotopic (exact) mass is 285 g/mol. The van der Waals surface area contributed by atoms with E-state index >= 15 is 0 Å². The topological polar surface area (TPSA) is 28.2 Å². The van der Waals surface area contributed by atoms with E-state index in [1.165, 1.54) is 30.5 Å². The minimum Gasteiger partial charge on any atom is -0.382 e. The Labute approximate surface area is 128 Å². The van der Waals surface area contributed by atoms with Crippen molar-refractivity contribution >= 4 is 16.6 Å². The summed E-state index contributed by atoms with van der Waals surface area (Å²) in [4.78, 5) is 6.89. The number of aromatic nitrogens is 1. The van der Waals surface area contributed by atoms with Crippen molar-refractivity contribution in [2.75, 3.05) is 25.0 Å². The predicted molar refractivity (Wildman–Crippen MR) is 91.8 cm³/mol. The maximum absolute atomic E-state index is 4.41. The molecule has 1 atom stereocenters. The average molecular weight is 285 g/mol. The van der Waals surface area contributed by atoms with Gasteiger partial charge in [-0.2, -0.15) is 0 Å². The number of para-hydroxylation sites is 1. The van der Waals surface area contributed by atoms with Gasteiger partial charge >= 0.3 is 0 Å². The number of pyridine rings is 1. The number of fused-ring (bicyclic) bond motifs is 1. The number of nitrogens with one attached hydrogen (secondary N) is 1. The van der Waals surface area contributed by atoms with Gasteiger partial charge < -0.3 is 10.2 Å². The molecule has 21 heavy (non-hydrogen) atoms. The van der Waals surface area contributed by atoms with Gasteiger partial charge in [0.05, 0.1) is 5.52 Å². The van der Waals surface area contributed by atoms with E-state index in [0.29, 0.717) is 6.04 Å². The molecule has 2 rings (SSSR count). The second kappa shape index (κ2) is 7.99. The number of hydrogen-bond donors (Lipinski definition) is 1. The summed E-state index contributed by atoms with van der Waals surface area (Å²) in [5.41, 5.74) is 2.24. The molecule has 0 radical (unpaired) electrons. The Hall–Kier alpha value is -1.61. The summed E-state index contributed by atoms with van der Waals surface area (Å²) < 4.78 is 0. The SMILES string of the molecule is CCN(CC)CCC[C@@H](C)Nc1ccnc2ccccc12. The van der Waals surface area contributed by atoms with E-state index in [2.05, 4.69) is 60.2 Å². The van der Waals surface area contributed by atoms with E-state index in [-0.39, 0.29) is 0 Å². The van der Waals surface area contributed by atoms with E-state index in [1.807, 2.05) is 12.3 Å². The summed E-state index contributed by atoms with van der Waals surface area (Å²) in [6, 6.07) is 10.8. The highest BCUT2D eigenvalue weighted by atomic mass is 15.1. The van der Waals surface area contributed by atoms with Crippen LogP contribution in [0, 0.1) is 0 Å². The fourth-order valence-electron chi connectivity index (χ4n) is 2.72. The molecular weight excluding hydrogens is 258 g/mol. The van der Waals surface area contributed by atoms with Crippen LogP contribution in [0.3, 0.4) is 0 Å². The lowest BCUT2D eigenvalue weighted by Crippen LogP contribution is -2.25. The fraction of sp³-hybridized carbons (Fsp3) is 0.500. The molecule has 0 saturated carbocycles. The van der Waals surface area contributed by atoms with Crippen LogP contribution in [0.15, 0.2) is 36.5 Å².